The summed E-state index contributed by atoms with van der Waals surface area (Å²) in [6, 6.07) is 15.7. The zero-order valence-electron chi connectivity index (χ0n) is 45.5. The molecule has 1 aliphatic carbocycles. The Balaban J connectivity index is 1.96. The molecule has 0 fully saturated rings. The molecule has 14 heteroatoms. The lowest BCUT2D eigenvalue weighted by Gasteiger charge is -2.25. The molecule has 0 N–H and O–H groups in total. The van der Waals surface area contributed by atoms with Crippen LogP contribution in [0, 0.1) is 0 Å². The highest BCUT2D eigenvalue weighted by atomic mass is 16.5. The Kier molecular flexibility index (Phi) is 24.3. The maximum Gasteiger partial charge on any atom is 0.330 e. The number of hydrogen-bond donors (Lipinski definition) is 0. The minimum Gasteiger partial charge on any atom is -0.493 e. The second-order valence-electron chi connectivity index (χ2n) is 19.2. The Labute approximate surface area is 448 Å². The van der Waals surface area contributed by atoms with Gasteiger partial charge < -0.3 is 37.9 Å². The summed E-state index contributed by atoms with van der Waals surface area (Å²) in [4.78, 5) is 75.1. The van der Waals surface area contributed by atoms with E-state index in [0.717, 1.165) is 108 Å². The fourth-order valence-electron chi connectivity index (χ4n) is 8.79. The van der Waals surface area contributed by atoms with Gasteiger partial charge in [-0.3, -0.25) is 19.2 Å². The first-order chi connectivity index (χ1) is 36.7. The van der Waals surface area contributed by atoms with Crippen LogP contribution in [0.15, 0.2) is 73.8 Å². The predicted octanol–water partition coefficient (Wildman–Crippen LogP) is 11.6. The molecule has 8 bridgehead atoms. The first kappa shape index (κ1) is 59.7. The predicted molar refractivity (Wildman–Crippen MR) is 289 cm³/mol. The number of ether oxygens (including phenoxy) is 8. The molecule has 76 heavy (non-hydrogen) atoms. The van der Waals surface area contributed by atoms with Gasteiger partial charge in [-0.25, -0.2) is 9.59 Å². The SMILES string of the molecule is C=CC(=O)OCc1cc2c(OCCCC)c(c1)Cc1cc(COC(=O)CC(C)=O)cc(c1OCCCC)Cc1cc(COC(=O)CC(C)=O)cc(c1OCCCC)Cc1cc(COC(=O)C=C)cc(c1OCCCC)C2. The highest BCUT2D eigenvalue weighted by molar-refractivity contribution is 5.94. The van der Waals surface area contributed by atoms with Gasteiger partial charge in [0.1, 0.15) is 73.8 Å². The molecule has 14 nitrogen and oxygen atoms in total. The van der Waals surface area contributed by atoms with Crippen LogP contribution in [-0.4, -0.2) is 61.9 Å². The van der Waals surface area contributed by atoms with Crippen molar-refractivity contribution in [2.24, 2.45) is 0 Å². The Morgan fingerprint density at radius 2 is 0.618 bits per heavy atom. The van der Waals surface area contributed by atoms with Crippen molar-refractivity contribution in [3.8, 4) is 23.0 Å². The molecular weight excluding hydrogens is 969 g/mol. The van der Waals surface area contributed by atoms with Crippen LogP contribution < -0.4 is 18.9 Å². The molecule has 0 saturated heterocycles. The van der Waals surface area contributed by atoms with E-state index in [4.69, 9.17) is 37.9 Å². The molecule has 0 aliphatic heterocycles. The van der Waals surface area contributed by atoms with Crippen molar-refractivity contribution in [1.82, 2.24) is 0 Å². The van der Waals surface area contributed by atoms with Gasteiger partial charge in [0, 0.05) is 37.8 Å². The number of carbonyl (C=O) groups excluding carboxylic acids is 6. The normalized spacial score (nSPS) is 11.7. The van der Waals surface area contributed by atoms with Gasteiger partial charge >= 0.3 is 23.9 Å². The maximum absolute atomic E-state index is 12.9. The van der Waals surface area contributed by atoms with Gasteiger partial charge in [-0.1, -0.05) is 66.5 Å². The fourth-order valence-corrected chi connectivity index (χ4v) is 8.79. The molecule has 1 aliphatic rings. The number of Topliss-reactive ketones (excluding diaryl/α,β-unsaturated/α-hetero) is 2. The largest absolute Gasteiger partial charge is 0.493 e. The van der Waals surface area contributed by atoms with Crippen LogP contribution in [0.1, 0.15) is 173 Å². The monoisotopic (exact) mass is 1040 g/mol. The van der Waals surface area contributed by atoms with Crippen LogP contribution in [0.3, 0.4) is 0 Å². The zero-order valence-corrected chi connectivity index (χ0v) is 45.5. The molecule has 0 amide bonds. The molecule has 0 spiro atoms. The van der Waals surface area contributed by atoms with Crippen LogP contribution in [0.5, 0.6) is 23.0 Å². The van der Waals surface area contributed by atoms with Gasteiger partial charge in [-0.2, -0.15) is 0 Å². The number of rotatable bonds is 30. The molecule has 5 rings (SSSR count). The van der Waals surface area contributed by atoms with Crippen molar-refractivity contribution in [2.45, 2.75) is 158 Å². The van der Waals surface area contributed by atoms with Crippen molar-refractivity contribution in [1.29, 1.82) is 0 Å². The molecular formula is C62H76O14. The van der Waals surface area contributed by atoms with Gasteiger partial charge in [-0.15, -0.1) is 0 Å². The Morgan fingerprint density at radius 3 is 0.816 bits per heavy atom. The third-order valence-corrected chi connectivity index (χ3v) is 12.4. The van der Waals surface area contributed by atoms with E-state index in [1.54, 1.807) is 0 Å². The van der Waals surface area contributed by atoms with Crippen molar-refractivity contribution >= 4 is 35.4 Å². The molecule has 0 radical (unpaired) electrons. The highest BCUT2D eigenvalue weighted by Crippen LogP contribution is 2.41. The lowest BCUT2D eigenvalue weighted by molar-refractivity contribution is -0.148. The third kappa shape index (κ3) is 18.6. The number of hydrogen-bond acceptors (Lipinski definition) is 14. The number of ketones is 2. The molecule has 4 aromatic rings. The molecule has 408 valence electrons. The summed E-state index contributed by atoms with van der Waals surface area (Å²) in [6.07, 6.45) is 9.04. The molecule has 0 unspecified atom stereocenters. The second kappa shape index (κ2) is 31.0. The number of carbonyl (C=O) groups is 6. The Bertz CT molecular complexity index is 2520. The average Bonchev–Trinajstić information content (AvgIpc) is 3.38. The Morgan fingerprint density at radius 1 is 0.395 bits per heavy atom. The van der Waals surface area contributed by atoms with Crippen LogP contribution >= 0.6 is 0 Å². The number of fused-ring (bicyclic) bond motifs is 8. The van der Waals surface area contributed by atoms with Gasteiger partial charge in [0.05, 0.1) is 26.4 Å². The highest BCUT2D eigenvalue weighted by Gasteiger charge is 2.26. The minimum atomic E-state index is -0.655. The molecule has 0 aromatic heterocycles. The summed E-state index contributed by atoms with van der Waals surface area (Å²) in [6.45, 7) is 19.4. The van der Waals surface area contributed by atoms with Crippen LogP contribution in [0.4, 0.5) is 0 Å². The topological polar surface area (TPSA) is 176 Å². The van der Waals surface area contributed by atoms with Crippen LogP contribution in [0.25, 0.3) is 0 Å². The lowest BCUT2D eigenvalue weighted by Crippen LogP contribution is -2.13. The van der Waals surface area contributed by atoms with E-state index in [9.17, 15) is 28.8 Å². The summed E-state index contributed by atoms with van der Waals surface area (Å²) >= 11 is 0. The summed E-state index contributed by atoms with van der Waals surface area (Å²) < 4.78 is 50.3. The summed E-state index contributed by atoms with van der Waals surface area (Å²) in [5, 5.41) is 0. The first-order valence-corrected chi connectivity index (χ1v) is 26.7. The summed E-state index contributed by atoms with van der Waals surface area (Å²) in [7, 11) is 0. The van der Waals surface area contributed by atoms with Gasteiger partial charge in [0.25, 0.3) is 0 Å². The standard InChI is InChI=1S/C62H76O14/c1-9-15-19-69-59-47-25-43(37-73-55(65)13-5)27-49(59)34-51-29-45(39-75-57(67)23-41(7)63)31-53(61(51)71-21-17-11-3)36-54-32-46(40-76-58(68)24-42(8)64)30-52(62(54)72-22-18-12-4)35-50-28-44(38-74-56(66)14-6)26-48(33-47)60(50)70-20-16-10-2/h13-14,25-32H,5-6,9-12,15-24,33-40H2,1-4,7-8H3. The minimum absolute atomic E-state index is 0.0676. The lowest BCUT2D eigenvalue weighted by atomic mass is 9.88. The van der Waals surface area contributed by atoms with Crippen LogP contribution in [-0.2, 0) is 99.8 Å². The van der Waals surface area contributed by atoms with E-state index in [1.807, 2.05) is 48.5 Å². The van der Waals surface area contributed by atoms with Crippen molar-refractivity contribution < 1.29 is 66.7 Å². The third-order valence-electron chi connectivity index (χ3n) is 12.4. The number of unbranched alkanes of at least 4 members (excludes halogenated alkanes) is 4. The Hall–Kier alpha value is -7.22. The fraction of sp³-hybridized carbons (Fsp3) is 0.452. The molecule has 0 saturated carbocycles. The molecule has 0 atom stereocenters. The van der Waals surface area contributed by atoms with Crippen molar-refractivity contribution in [2.75, 3.05) is 26.4 Å². The van der Waals surface area contributed by atoms with Gasteiger partial charge in [-0.05, 0) is 155 Å². The maximum atomic E-state index is 12.9. The number of esters is 4. The summed E-state index contributed by atoms with van der Waals surface area (Å²) in [5.41, 5.74) is 8.78. The number of benzene rings is 4. The van der Waals surface area contributed by atoms with E-state index in [1.165, 1.54) is 13.8 Å². The average molecular weight is 1050 g/mol. The smallest absolute Gasteiger partial charge is 0.330 e. The first-order valence-electron chi connectivity index (χ1n) is 26.7. The van der Waals surface area contributed by atoms with E-state index in [0.29, 0.717) is 71.7 Å². The quantitative estimate of drug-likeness (QED) is 0.0140. The zero-order chi connectivity index (χ0) is 55.0. The van der Waals surface area contributed by atoms with E-state index >= 15 is 0 Å². The van der Waals surface area contributed by atoms with E-state index in [2.05, 4.69) is 40.9 Å². The van der Waals surface area contributed by atoms with Gasteiger partial charge in [0.15, 0.2) is 0 Å². The van der Waals surface area contributed by atoms with Crippen molar-refractivity contribution in [3.63, 3.8) is 0 Å². The van der Waals surface area contributed by atoms with Crippen molar-refractivity contribution in [3.05, 3.63) is 141 Å². The van der Waals surface area contributed by atoms with Crippen LogP contribution in [0.2, 0.25) is 0 Å². The van der Waals surface area contributed by atoms with Gasteiger partial charge in [0.2, 0.25) is 0 Å². The van der Waals surface area contributed by atoms with E-state index < -0.39 is 23.9 Å². The van der Waals surface area contributed by atoms with E-state index in [-0.39, 0.29) is 76.5 Å². The molecule has 0 heterocycles. The second-order valence-corrected chi connectivity index (χ2v) is 19.2. The summed E-state index contributed by atoms with van der Waals surface area (Å²) in [5.74, 6) is -0.635. The molecule has 4 aromatic carbocycles.